The molecular weight excluding hydrogens is 420 g/mol. The Labute approximate surface area is 189 Å². The fraction of sp³-hybridized carbons (Fsp3) is 0.542. The predicted molar refractivity (Wildman–Crippen MR) is 119 cm³/mol. The zero-order chi connectivity index (χ0) is 22.6. The number of benzene rings is 1. The van der Waals surface area contributed by atoms with Gasteiger partial charge in [0, 0.05) is 17.4 Å². The number of allylic oxidation sites excluding steroid dienone is 2. The first-order valence-corrected chi connectivity index (χ1v) is 10.9. The van der Waals surface area contributed by atoms with Crippen LogP contribution in [-0.4, -0.2) is 53.8 Å². The van der Waals surface area contributed by atoms with E-state index in [4.69, 9.17) is 25.8 Å². The monoisotopic (exact) mass is 450 g/mol. The molecule has 0 aliphatic carbocycles. The van der Waals surface area contributed by atoms with Gasteiger partial charge in [-0.05, 0) is 51.3 Å². The molecule has 2 N–H and O–H groups in total. The van der Waals surface area contributed by atoms with Crippen molar-refractivity contribution in [2.45, 2.75) is 63.9 Å². The number of esters is 1. The lowest BCUT2D eigenvalue weighted by atomic mass is 9.95. The normalized spacial score (nSPS) is 21.7. The Hall–Kier alpha value is -2.04. The first kappa shape index (κ1) is 25.2. The van der Waals surface area contributed by atoms with E-state index in [1.54, 1.807) is 24.3 Å². The molecule has 1 aromatic carbocycles. The van der Waals surface area contributed by atoms with Crippen molar-refractivity contribution in [2.24, 2.45) is 5.92 Å². The van der Waals surface area contributed by atoms with Crippen molar-refractivity contribution in [3.63, 3.8) is 0 Å². The molecule has 0 amide bonds. The van der Waals surface area contributed by atoms with Crippen LogP contribution in [0.15, 0.2) is 36.4 Å². The average molecular weight is 451 g/mol. The lowest BCUT2D eigenvalue weighted by molar-refractivity contribution is -0.147. The maximum Gasteiger partial charge on any atom is 0.306 e. The minimum absolute atomic E-state index is 0.00638. The summed E-state index contributed by atoms with van der Waals surface area (Å²) in [6.45, 7) is 3.88. The van der Waals surface area contributed by atoms with Gasteiger partial charge in [-0.25, -0.2) is 0 Å². The molecule has 1 fully saturated rings. The van der Waals surface area contributed by atoms with Crippen molar-refractivity contribution in [1.82, 2.24) is 0 Å². The van der Waals surface area contributed by atoms with E-state index in [0.29, 0.717) is 30.0 Å². The largest absolute Gasteiger partial charge is 0.490 e. The highest BCUT2D eigenvalue weighted by molar-refractivity contribution is 6.30. The van der Waals surface area contributed by atoms with Crippen LogP contribution in [0, 0.1) is 17.8 Å². The van der Waals surface area contributed by atoms with Crippen LogP contribution in [0.3, 0.4) is 0 Å². The molecule has 2 rings (SSSR count). The molecule has 0 radical (unpaired) electrons. The van der Waals surface area contributed by atoms with E-state index in [9.17, 15) is 15.0 Å². The van der Waals surface area contributed by atoms with Crippen molar-refractivity contribution >= 4 is 17.6 Å². The van der Waals surface area contributed by atoms with Gasteiger partial charge in [0.2, 0.25) is 0 Å². The van der Waals surface area contributed by atoms with E-state index in [-0.39, 0.29) is 31.2 Å². The molecule has 1 aromatic rings. The zero-order valence-corrected chi connectivity index (χ0v) is 18.8. The van der Waals surface area contributed by atoms with E-state index >= 15 is 0 Å². The molecular formula is C24H31ClO6. The van der Waals surface area contributed by atoms with Crippen molar-refractivity contribution < 1.29 is 29.2 Å². The minimum atomic E-state index is -0.984. The molecule has 31 heavy (non-hydrogen) atoms. The third-order valence-electron chi connectivity index (χ3n) is 4.62. The van der Waals surface area contributed by atoms with Gasteiger partial charge in [-0.15, -0.1) is 0 Å². The van der Waals surface area contributed by atoms with Crippen molar-refractivity contribution in [3.8, 4) is 17.6 Å². The van der Waals surface area contributed by atoms with Crippen LogP contribution in [-0.2, 0) is 14.3 Å². The number of hydrogen-bond acceptors (Lipinski definition) is 6. The number of hydrogen-bond donors (Lipinski definition) is 2. The second-order valence-electron chi connectivity index (χ2n) is 7.70. The fourth-order valence-corrected chi connectivity index (χ4v) is 3.27. The molecule has 1 saturated heterocycles. The number of carbonyl (C=O) groups is 1. The van der Waals surface area contributed by atoms with Gasteiger partial charge in [0.15, 0.2) is 0 Å². The van der Waals surface area contributed by atoms with E-state index in [2.05, 4.69) is 11.8 Å². The average Bonchev–Trinajstić information content (AvgIpc) is 3.06. The Balaban J connectivity index is 1.74. The van der Waals surface area contributed by atoms with Gasteiger partial charge in [-0.3, -0.25) is 4.79 Å². The van der Waals surface area contributed by atoms with Crippen molar-refractivity contribution in [3.05, 3.63) is 41.4 Å². The Morgan fingerprint density at radius 1 is 1.39 bits per heavy atom. The maximum absolute atomic E-state index is 11.5. The van der Waals surface area contributed by atoms with E-state index in [1.165, 1.54) is 0 Å². The topological polar surface area (TPSA) is 85.2 Å². The van der Waals surface area contributed by atoms with Crippen LogP contribution < -0.4 is 4.74 Å². The van der Waals surface area contributed by atoms with Gasteiger partial charge in [-0.2, -0.15) is 0 Å². The van der Waals surface area contributed by atoms with Crippen LogP contribution in [0.1, 0.15) is 39.5 Å². The summed E-state index contributed by atoms with van der Waals surface area (Å²) >= 11 is 5.90. The lowest BCUT2D eigenvalue weighted by Gasteiger charge is -2.14. The number of ether oxygens (including phenoxy) is 3. The summed E-state index contributed by atoms with van der Waals surface area (Å²) in [7, 11) is 0. The maximum atomic E-state index is 11.5. The summed E-state index contributed by atoms with van der Waals surface area (Å²) in [6, 6.07) is 6.91. The smallest absolute Gasteiger partial charge is 0.306 e. The Bertz CT molecular complexity index is 782. The van der Waals surface area contributed by atoms with Gasteiger partial charge in [0.05, 0.1) is 18.8 Å². The minimum Gasteiger partial charge on any atom is -0.490 e. The standard InChI is InChI=1S/C24H31ClO6/c1-17(2)31-24(28)11-6-4-3-5-10-21-22(27)16-30-23(21)13-12-19(26)15-29-20-9-7-8-18(25)14-20/h3,5,7-9,14,17,19,21-23,26-27H,4,6,10-11,15-16H2,1-2H3/t19-,21+,22+,23?/m1/s1. The highest BCUT2D eigenvalue weighted by Crippen LogP contribution is 2.25. The first-order chi connectivity index (χ1) is 14.8. The van der Waals surface area contributed by atoms with Crippen LogP contribution in [0.5, 0.6) is 5.75 Å². The number of rotatable bonds is 10. The van der Waals surface area contributed by atoms with Gasteiger partial charge < -0.3 is 24.4 Å². The predicted octanol–water partition coefficient (Wildman–Crippen LogP) is 3.53. The van der Waals surface area contributed by atoms with Crippen molar-refractivity contribution in [2.75, 3.05) is 13.2 Å². The van der Waals surface area contributed by atoms with E-state index in [0.717, 1.165) is 6.42 Å². The van der Waals surface area contributed by atoms with Crippen LogP contribution in [0.4, 0.5) is 0 Å². The summed E-state index contributed by atoms with van der Waals surface area (Å²) in [5.41, 5.74) is 0. The molecule has 1 aliphatic rings. The number of aliphatic hydroxyl groups is 2. The van der Waals surface area contributed by atoms with Crippen LogP contribution in [0.25, 0.3) is 0 Å². The highest BCUT2D eigenvalue weighted by Gasteiger charge is 2.34. The lowest BCUT2D eigenvalue weighted by Crippen LogP contribution is -2.23. The van der Waals surface area contributed by atoms with Crippen LogP contribution in [0.2, 0.25) is 5.02 Å². The Morgan fingerprint density at radius 3 is 2.94 bits per heavy atom. The molecule has 1 unspecified atom stereocenters. The van der Waals surface area contributed by atoms with Gasteiger partial charge >= 0.3 is 5.97 Å². The molecule has 0 aromatic heterocycles. The summed E-state index contributed by atoms with van der Waals surface area (Å²) < 4.78 is 16.1. The third-order valence-corrected chi connectivity index (χ3v) is 4.85. The van der Waals surface area contributed by atoms with E-state index < -0.39 is 18.3 Å². The number of carbonyl (C=O) groups excluding carboxylic acids is 1. The quantitative estimate of drug-likeness (QED) is 0.245. The second-order valence-corrected chi connectivity index (χ2v) is 8.13. The molecule has 0 saturated carbocycles. The molecule has 1 aliphatic heterocycles. The van der Waals surface area contributed by atoms with Crippen LogP contribution >= 0.6 is 11.6 Å². The molecule has 4 atom stereocenters. The number of unbranched alkanes of at least 4 members (excludes halogenated alkanes) is 1. The molecule has 0 bridgehead atoms. The molecule has 6 nitrogen and oxygen atoms in total. The van der Waals surface area contributed by atoms with Gasteiger partial charge in [-0.1, -0.05) is 41.7 Å². The molecule has 0 spiro atoms. The summed E-state index contributed by atoms with van der Waals surface area (Å²) in [5.74, 6) is 5.85. The molecule has 1 heterocycles. The number of aliphatic hydroxyl groups excluding tert-OH is 2. The third kappa shape index (κ3) is 9.75. The summed E-state index contributed by atoms with van der Waals surface area (Å²) in [4.78, 5) is 11.5. The summed E-state index contributed by atoms with van der Waals surface area (Å²) in [5, 5.41) is 20.8. The first-order valence-electron chi connectivity index (χ1n) is 10.6. The zero-order valence-electron chi connectivity index (χ0n) is 18.0. The Morgan fingerprint density at radius 2 is 2.19 bits per heavy atom. The Kier molecular flexibility index (Phi) is 10.9. The number of halogens is 1. The molecule has 7 heteroatoms. The highest BCUT2D eigenvalue weighted by atomic mass is 35.5. The fourth-order valence-electron chi connectivity index (χ4n) is 3.09. The van der Waals surface area contributed by atoms with Gasteiger partial charge in [0.25, 0.3) is 0 Å². The SMILES string of the molecule is CC(C)OC(=O)CCCC=CC[C@@H]1C(C#C[C@@H](O)COc2cccc(Cl)c2)OC[C@@H]1O. The summed E-state index contributed by atoms with van der Waals surface area (Å²) in [6.07, 6.45) is 4.30. The second kappa shape index (κ2) is 13.4. The van der Waals surface area contributed by atoms with Gasteiger partial charge in [0.1, 0.15) is 24.6 Å². The van der Waals surface area contributed by atoms with Crippen molar-refractivity contribution in [1.29, 1.82) is 0 Å². The van der Waals surface area contributed by atoms with E-state index in [1.807, 2.05) is 26.0 Å². The molecule has 170 valence electrons.